The predicted molar refractivity (Wildman–Crippen MR) is 177 cm³/mol. The van der Waals surface area contributed by atoms with Gasteiger partial charge in [-0.25, -0.2) is 4.79 Å². The Kier molecular flexibility index (Phi) is 15.5. The number of hydrogen-bond donors (Lipinski definition) is 15. The number of carbonyl (C=O) groups excluding carboxylic acids is 1. The van der Waals surface area contributed by atoms with Gasteiger partial charge in [-0.2, -0.15) is 0 Å². The molecule has 57 heavy (non-hydrogen) atoms. The molecule has 0 radical (unpaired) electrons. The molecule has 24 heteroatoms. The maximum atomic E-state index is 13.0. The fraction of sp³-hybridized carbons (Fsp3) is 0.727. The molecule has 15 N–H and O–H groups in total. The second kappa shape index (κ2) is 19.5. The molecule has 0 amide bonds. The van der Waals surface area contributed by atoms with Crippen molar-refractivity contribution in [3.05, 3.63) is 29.8 Å². The van der Waals surface area contributed by atoms with E-state index in [4.69, 9.17) is 37.9 Å². The van der Waals surface area contributed by atoms with Gasteiger partial charge in [-0.15, -0.1) is 0 Å². The van der Waals surface area contributed by atoms with Crippen LogP contribution >= 0.6 is 0 Å². The molecular formula is C33H48O24. The number of esters is 1. The molecule has 0 spiro atoms. The molecule has 324 valence electrons. The summed E-state index contributed by atoms with van der Waals surface area (Å²) in [5, 5.41) is 154. The van der Waals surface area contributed by atoms with Crippen molar-refractivity contribution in [3.8, 4) is 11.5 Å². The van der Waals surface area contributed by atoms with Gasteiger partial charge in [0.1, 0.15) is 91.6 Å². The first kappa shape index (κ1) is 45.3. The van der Waals surface area contributed by atoms with Crippen molar-refractivity contribution in [1.29, 1.82) is 0 Å². The fourth-order valence-electron chi connectivity index (χ4n) is 6.46. The highest BCUT2D eigenvalue weighted by Gasteiger charge is 2.54. The fourth-order valence-corrected chi connectivity index (χ4v) is 6.46. The monoisotopic (exact) mass is 828 g/mol. The zero-order valence-electron chi connectivity index (χ0n) is 29.6. The van der Waals surface area contributed by atoms with E-state index in [1.54, 1.807) is 0 Å². The highest BCUT2D eigenvalue weighted by molar-refractivity contribution is 5.87. The highest BCUT2D eigenvalue weighted by Crippen LogP contribution is 2.34. The molecule has 0 bridgehead atoms. The van der Waals surface area contributed by atoms with E-state index in [9.17, 15) is 81.4 Å². The molecule has 0 saturated carbocycles. The standard InChI is InChI=1S/C33H48O24/c34-6-13-18(40)21(43)25(47)30(51-13)50-9-16-20(42)23(45)29(33(54-16)55-17(39)4-2-10-1-3-11(37)12(38)5-10)57-32-27(49)24(46)28(15(8-36)53-32)56-31-26(48)22(44)19(41)14(7-35)52-31/h1-5,13-16,18-38,40-49H,6-9H2/b4-2+/t13-,14-,15-,16-,18-,19-,20-,21+,22+,23+,24-,25-,26-,27-,28-,29-,30-,31+,32+,33+/m1/s1. The Balaban J connectivity index is 1.33. The van der Waals surface area contributed by atoms with Crippen LogP contribution in [-0.2, 0) is 42.7 Å². The minimum atomic E-state index is -2.14. The number of aliphatic hydroxyl groups is 13. The number of aliphatic hydroxyl groups excluding tert-OH is 13. The number of carbonyl (C=O) groups is 1. The van der Waals surface area contributed by atoms with Crippen LogP contribution in [0.1, 0.15) is 5.56 Å². The van der Waals surface area contributed by atoms with E-state index in [2.05, 4.69) is 0 Å². The SMILES string of the molecule is O=C(/C=C/c1ccc(O)c(O)c1)O[C@@H]1O[C@H](CO[C@@H]2O[C@H](CO)[C@@H](O)[C@H](O)[C@H]2O)[C@@H](O)[C@H](O)[C@H]1O[C@@H]1O[C@H](CO)[C@@H](O[C@@H]2O[C@H](CO)[C@@H](O)[C@H](O)[C@H]2O)[C@H](O)[C@H]1O. The zero-order chi connectivity index (χ0) is 41.9. The molecule has 4 fully saturated rings. The maximum absolute atomic E-state index is 13.0. The van der Waals surface area contributed by atoms with Crippen molar-refractivity contribution in [2.45, 2.75) is 123 Å². The van der Waals surface area contributed by atoms with Gasteiger partial charge in [0.15, 0.2) is 36.5 Å². The van der Waals surface area contributed by atoms with Crippen LogP contribution in [0, 0.1) is 0 Å². The molecule has 0 unspecified atom stereocenters. The lowest BCUT2D eigenvalue weighted by molar-refractivity contribution is -0.383. The van der Waals surface area contributed by atoms with Gasteiger partial charge in [-0.05, 0) is 23.8 Å². The molecule has 5 rings (SSSR count). The van der Waals surface area contributed by atoms with E-state index in [0.29, 0.717) is 0 Å². The van der Waals surface area contributed by atoms with Gasteiger partial charge in [-0.3, -0.25) is 0 Å². The summed E-state index contributed by atoms with van der Waals surface area (Å²) in [5.41, 5.74) is 0.212. The summed E-state index contributed by atoms with van der Waals surface area (Å²) in [4.78, 5) is 13.0. The molecule has 4 saturated heterocycles. The van der Waals surface area contributed by atoms with Crippen molar-refractivity contribution in [2.75, 3.05) is 26.4 Å². The first-order valence-electron chi connectivity index (χ1n) is 17.6. The molecule has 0 aromatic heterocycles. The van der Waals surface area contributed by atoms with Crippen LogP contribution in [0.3, 0.4) is 0 Å². The van der Waals surface area contributed by atoms with Gasteiger partial charge in [0.05, 0.1) is 26.4 Å². The van der Waals surface area contributed by atoms with E-state index >= 15 is 0 Å². The lowest BCUT2D eigenvalue weighted by Crippen LogP contribution is -2.67. The summed E-state index contributed by atoms with van der Waals surface area (Å²) >= 11 is 0. The number of hydrogen-bond acceptors (Lipinski definition) is 24. The van der Waals surface area contributed by atoms with E-state index in [1.807, 2.05) is 0 Å². The van der Waals surface area contributed by atoms with Crippen molar-refractivity contribution in [3.63, 3.8) is 0 Å². The van der Waals surface area contributed by atoms with E-state index in [1.165, 1.54) is 6.07 Å². The topological polar surface area (TPSA) is 394 Å². The largest absolute Gasteiger partial charge is 0.504 e. The van der Waals surface area contributed by atoms with E-state index in [-0.39, 0.29) is 5.56 Å². The maximum Gasteiger partial charge on any atom is 0.333 e. The summed E-state index contributed by atoms with van der Waals surface area (Å²) in [6, 6.07) is 3.57. The third kappa shape index (κ3) is 9.99. The second-order valence-electron chi connectivity index (χ2n) is 13.7. The highest BCUT2D eigenvalue weighted by atomic mass is 16.8. The molecule has 4 aliphatic rings. The number of aromatic hydroxyl groups is 2. The Bertz CT molecular complexity index is 1480. The van der Waals surface area contributed by atoms with Crippen LogP contribution in [0.4, 0.5) is 0 Å². The minimum absolute atomic E-state index is 0.212. The lowest BCUT2D eigenvalue weighted by atomic mass is 9.96. The molecule has 4 heterocycles. The number of phenols is 2. The third-order valence-corrected chi connectivity index (χ3v) is 9.81. The Morgan fingerprint density at radius 1 is 0.544 bits per heavy atom. The summed E-state index contributed by atoms with van der Waals surface area (Å²) in [6.07, 6.45) is -34.7. The van der Waals surface area contributed by atoms with E-state index < -0.39 is 167 Å². The molecule has 4 aliphatic heterocycles. The van der Waals surface area contributed by atoms with E-state index in [0.717, 1.165) is 24.3 Å². The van der Waals surface area contributed by atoms with Crippen LogP contribution in [0.5, 0.6) is 11.5 Å². The number of benzene rings is 1. The molecule has 1 aromatic carbocycles. The molecule has 24 nitrogen and oxygen atoms in total. The minimum Gasteiger partial charge on any atom is -0.504 e. The van der Waals surface area contributed by atoms with Crippen LogP contribution in [0.2, 0.25) is 0 Å². The van der Waals surface area contributed by atoms with Gasteiger partial charge in [0, 0.05) is 6.08 Å². The Morgan fingerprint density at radius 3 is 1.60 bits per heavy atom. The average Bonchev–Trinajstić information content (AvgIpc) is 3.19. The van der Waals surface area contributed by atoms with Gasteiger partial charge in [-0.1, -0.05) is 6.07 Å². The van der Waals surface area contributed by atoms with Crippen molar-refractivity contribution < 1.29 is 119 Å². The summed E-state index contributed by atoms with van der Waals surface area (Å²) < 4.78 is 43.9. The second-order valence-corrected chi connectivity index (χ2v) is 13.7. The third-order valence-electron chi connectivity index (χ3n) is 9.81. The van der Waals surface area contributed by atoms with Gasteiger partial charge in [0.25, 0.3) is 0 Å². The molecule has 0 aliphatic carbocycles. The van der Waals surface area contributed by atoms with Gasteiger partial charge >= 0.3 is 5.97 Å². The Labute approximate surface area is 322 Å². The van der Waals surface area contributed by atoms with Gasteiger partial charge in [0.2, 0.25) is 6.29 Å². The quantitative estimate of drug-likeness (QED) is 0.0499. The van der Waals surface area contributed by atoms with Gasteiger partial charge < -0.3 is 114 Å². The average molecular weight is 829 g/mol. The van der Waals surface area contributed by atoms with Crippen molar-refractivity contribution in [2.24, 2.45) is 0 Å². The zero-order valence-corrected chi connectivity index (χ0v) is 29.6. The lowest BCUT2D eigenvalue weighted by Gasteiger charge is -2.48. The summed E-state index contributed by atoms with van der Waals surface area (Å²) in [5.74, 6) is -2.14. The smallest absolute Gasteiger partial charge is 0.333 e. The Morgan fingerprint density at radius 2 is 1.02 bits per heavy atom. The number of rotatable bonds is 13. The normalized spacial score (nSPS) is 44.2. The first-order chi connectivity index (χ1) is 27.0. The summed E-state index contributed by atoms with van der Waals surface area (Å²) in [6.45, 7) is -3.35. The number of phenolic OH excluding ortho intramolecular Hbond substituents is 2. The first-order valence-corrected chi connectivity index (χ1v) is 17.6. The summed E-state index contributed by atoms with van der Waals surface area (Å²) in [7, 11) is 0. The molecule has 1 aromatic rings. The van der Waals surface area contributed by atoms with Crippen LogP contribution in [-0.4, -0.2) is 232 Å². The van der Waals surface area contributed by atoms with Crippen LogP contribution in [0.25, 0.3) is 6.08 Å². The van der Waals surface area contributed by atoms with Crippen molar-refractivity contribution in [1.82, 2.24) is 0 Å². The molecule has 20 atom stereocenters. The van der Waals surface area contributed by atoms with Crippen LogP contribution in [0.15, 0.2) is 24.3 Å². The molecular weight excluding hydrogens is 780 g/mol. The number of ether oxygens (including phenoxy) is 8. The Hall–Kier alpha value is -2.77. The predicted octanol–water partition coefficient (Wildman–Crippen LogP) is -8.07. The van der Waals surface area contributed by atoms with Crippen molar-refractivity contribution >= 4 is 12.0 Å². The van der Waals surface area contributed by atoms with Crippen LogP contribution < -0.4 is 0 Å².